The van der Waals surface area contributed by atoms with Crippen LogP contribution in [-0.4, -0.2) is 23.5 Å². The minimum Gasteiger partial charge on any atom is -0.467 e. The van der Waals surface area contributed by atoms with Crippen molar-refractivity contribution in [2.75, 3.05) is 6.61 Å². The van der Waals surface area contributed by atoms with Crippen LogP contribution in [0.15, 0.2) is 75.3 Å². The van der Waals surface area contributed by atoms with Crippen molar-refractivity contribution in [2.45, 2.75) is 29.8 Å². The second-order valence-corrected chi connectivity index (χ2v) is 7.21. The van der Waals surface area contributed by atoms with Crippen LogP contribution >= 0.6 is 11.8 Å². The Morgan fingerprint density at radius 1 is 1.18 bits per heavy atom. The van der Waals surface area contributed by atoms with Crippen LogP contribution in [0, 0.1) is 6.92 Å². The molecule has 1 amide bonds. The number of nitrogens with zero attached hydrogens (tertiary/aromatic N) is 1. The largest absolute Gasteiger partial charge is 0.467 e. The van der Waals surface area contributed by atoms with Crippen LogP contribution in [0.5, 0.6) is 0 Å². The van der Waals surface area contributed by atoms with E-state index in [2.05, 4.69) is 10.3 Å². The predicted octanol–water partition coefficient (Wildman–Crippen LogP) is 4.17. The Bertz CT molecular complexity index is 939. The summed E-state index contributed by atoms with van der Waals surface area (Å²) in [5, 5.41) is 3.25. The Labute approximate surface area is 167 Å². The Kier molecular flexibility index (Phi) is 6.49. The zero-order chi connectivity index (χ0) is 19.9. The van der Waals surface area contributed by atoms with Gasteiger partial charge in [-0.05, 0) is 50.2 Å². The summed E-state index contributed by atoms with van der Waals surface area (Å²) in [6.07, 6.45) is 3.15. The van der Waals surface area contributed by atoms with E-state index >= 15 is 0 Å². The SMILES string of the molecule is Cc1ccc(Sc2ncccc2C(=O)OCC(=O)N[C@H](C)c2ccco2)cc1. The fourth-order valence-electron chi connectivity index (χ4n) is 2.45. The first-order valence-electron chi connectivity index (χ1n) is 8.72. The zero-order valence-corrected chi connectivity index (χ0v) is 16.4. The van der Waals surface area contributed by atoms with Gasteiger partial charge in [0.05, 0.1) is 17.9 Å². The van der Waals surface area contributed by atoms with Crippen molar-refractivity contribution in [2.24, 2.45) is 0 Å². The number of hydrogen-bond donors (Lipinski definition) is 1. The van der Waals surface area contributed by atoms with Crippen LogP contribution in [0.1, 0.15) is 34.6 Å². The summed E-state index contributed by atoms with van der Waals surface area (Å²) in [6.45, 7) is 3.42. The highest BCUT2D eigenvalue weighted by molar-refractivity contribution is 7.99. The highest BCUT2D eigenvalue weighted by Crippen LogP contribution is 2.29. The highest BCUT2D eigenvalue weighted by Gasteiger charge is 2.18. The van der Waals surface area contributed by atoms with Gasteiger partial charge in [-0.2, -0.15) is 0 Å². The van der Waals surface area contributed by atoms with Crippen LogP contribution < -0.4 is 5.32 Å². The Morgan fingerprint density at radius 3 is 2.68 bits per heavy atom. The first kappa shape index (κ1) is 19.7. The molecular weight excluding hydrogens is 376 g/mol. The normalized spacial score (nSPS) is 11.6. The van der Waals surface area contributed by atoms with Crippen LogP contribution in [0.25, 0.3) is 0 Å². The van der Waals surface area contributed by atoms with Crippen molar-refractivity contribution < 1.29 is 18.7 Å². The minimum absolute atomic E-state index is 0.313. The molecule has 1 atom stereocenters. The third-order valence-electron chi connectivity index (χ3n) is 3.91. The summed E-state index contributed by atoms with van der Waals surface area (Å²) in [4.78, 5) is 29.7. The summed E-state index contributed by atoms with van der Waals surface area (Å²) in [6, 6.07) is 14.4. The van der Waals surface area contributed by atoms with E-state index in [9.17, 15) is 9.59 Å². The molecule has 0 saturated heterocycles. The number of amides is 1. The quantitative estimate of drug-likeness (QED) is 0.604. The van der Waals surface area contributed by atoms with E-state index < -0.39 is 11.9 Å². The van der Waals surface area contributed by atoms with Crippen LogP contribution in [0.4, 0.5) is 0 Å². The molecule has 28 heavy (non-hydrogen) atoms. The van der Waals surface area contributed by atoms with Gasteiger partial charge in [-0.3, -0.25) is 4.79 Å². The number of rotatable bonds is 7. The average Bonchev–Trinajstić information content (AvgIpc) is 3.23. The zero-order valence-electron chi connectivity index (χ0n) is 15.5. The molecule has 1 aromatic carbocycles. The molecule has 2 heterocycles. The standard InChI is InChI=1S/C21H20N2O4S/c1-14-7-9-16(10-8-14)28-20-17(5-3-11-22-20)21(25)27-13-19(24)23-15(2)18-6-4-12-26-18/h3-12,15H,13H2,1-2H3,(H,23,24)/t15-/m1/s1. The lowest BCUT2D eigenvalue weighted by molar-refractivity contribution is -0.125. The van der Waals surface area contributed by atoms with Crippen molar-refractivity contribution in [3.05, 3.63) is 77.9 Å². The lowest BCUT2D eigenvalue weighted by Crippen LogP contribution is -2.31. The molecule has 0 fully saturated rings. The van der Waals surface area contributed by atoms with E-state index in [0.717, 1.165) is 10.5 Å². The molecule has 0 radical (unpaired) electrons. The van der Waals surface area contributed by atoms with Gasteiger partial charge in [0.1, 0.15) is 10.8 Å². The van der Waals surface area contributed by atoms with Crippen molar-refractivity contribution in [1.82, 2.24) is 10.3 Å². The van der Waals surface area contributed by atoms with Crippen LogP contribution in [-0.2, 0) is 9.53 Å². The average molecular weight is 396 g/mol. The molecule has 0 saturated carbocycles. The summed E-state index contributed by atoms with van der Waals surface area (Å²) in [5.74, 6) is -0.374. The van der Waals surface area contributed by atoms with Gasteiger partial charge in [0.2, 0.25) is 0 Å². The maximum Gasteiger partial charge on any atom is 0.341 e. The van der Waals surface area contributed by atoms with Gasteiger partial charge in [0.25, 0.3) is 5.91 Å². The molecule has 7 heteroatoms. The van der Waals surface area contributed by atoms with Crippen LogP contribution in [0.3, 0.4) is 0 Å². The lowest BCUT2D eigenvalue weighted by Gasteiger charge is -2.12. The predicted molar refractivity (Wildman–Crippen MR) is 105 cm³/mol. The maximum absolute atomic E-state index is 12.5. The topological polar surface area (TPSA) is 81.4 Å². The number of hydrogen-bond acceptors (Lipinski definition) is 6. The van der Waals surface area contributed by atoms with E-state index in [1.165, 1.54) is 18.0 Å². The molecule has 1 N–H and O–H groups in total. The summed E-state index contributed by atoms with van der Waals surface area (Å²) < 4.78 is 10.4. The van der Waals surface area contributed by atoms with E-state index in [1.54, 1.807) is 37.4 Å². The third-order valence-corrected chi connectivity index (χ3v) is 4.93. The number of aromatic nitrogens is 1. The number of carbonyl (C=O) groups is 2. The number of pyridine rings is 1. The molecule has 144 valence electrons. The first-order valence-corrected chi connectivity index (χ1v) is 9.54. The van der Waals surface area contributed by atoms with Gasteiger partial charge >= 0.3 is 5.97 Å². The van der Waals surface area contributed by atoms with Crippen molar-refractivity contribution >= 4 is 23.6 Å². The van der Waals surface area contributed by atoms with Crippen molar-refractivity contribution in [1.29, 1.82) is 0 Å². The number of ether oxygens (including phenoxy) is 1. The molecule has 0 unspecified atom stereocenters. The monoisotopic (exact) mass is 396 g/mol. The molecule has 0 spiro atoms. The van der Waals surface area contributed by atoms with Crippen molar-refractivity contribution in [3.8, 4) is 0 Å². The molecule has 2 aromatic heterocycles. The molecule has 0 aliphatic rings. The number of carbonyl (C=O) groups excluding carboxylic acids is 2. The molecular formula is C21H20N2O4S. The van der Waals surface area contributed by atoms with Gasteiger partial charge in [0.15, 0.2) is 6.61 Å². The summed E-state index contributed by atoms with van der Waals surface area (Å²) in [5.41, 5.74) is 1.47. The van der Waals surface area contributed by atoms with Crippen LogP contribution in [0.2, 0.25) is 0 Å². The fourth-order valence-corrected chi connectivity index (χ4v) is 3.32. The summed E-state index contributed by atoms with van der Waals surface area (Å²) in [7, 11) is 0. The Balaban J connectivity index is 1.59. The molecule has 0 aliphatic heterocycles. The Hall–Kier alpha value is -3.06. The van der Waals surface area contributed by atoms with Gasteiger partial charge in [-0.1, -0.05) is 29.5 Å². The van der Waals surface area contributed by atoms with E-state index in [0.29, 0.717) is 16.3 Å². The summed E-state index contributed by atoms with van der Waals surface area (Å²) >= 11 is 1.37. The van der Waals surface area contributed by atoms with Gasteiger partial charge in [-0.25, -0.2) is 9.78 Å². The van der Waals surface area contributed by atoms with E-state index in [4.69, 9.17) is 9.15 Å². The molecule has 3 rings (SSSR count). The number of nitrogens with one attached hydrogen (secondary N) is 1. The molecule has 3 aromatic rings. The number of aryl methyl sites for hydroxylation is 1. The third kappa shape index (κ3) is 5.23. The molecule has 6 nitrogen and oxygen atoms in total. The van der Waals surface area contributed by atoms with E-state index in [1.807, 2.05) is 31.2 Å². The number of esters is 1. The molecule has 0 aliphatic carbocycles. The smallest absolute Gasteiger partial charge is 0.341 e. The van der Waals surface area contributed by atoms with Gasteiger partial charge < -0.3 is 14.5 Å². The highest BCUT2D eigenvalue weighted by atomic mass is 32.2. The minimum atomic E-state index is -0.594. The van der Waals surface area contributed by atoms with E-state index in [-0.39, 0.29) is 12.6 Å². The molecule has 0 bridgehead atoms. The van der Waals surface area contributed by atoms with Gasteiger partial charge in [0, 0.05) is 11.1 Å². The Morgan fingerprint density at radius 2 is 1.96 bits per heavy atom. The van der Waals surface area contributed by atoms with Crippen molar-refractivity contribution in [3.63, 3.8) is 0 Å². The lowest BCUT2D eigenvalue weighted by atomic mass is 10.2. The first-order chi connectivity index (χ1) is 13.5. The number of furan rings is 1. The number of benzene rings is 1. The maximum atomic E-state index is 12.5. The second-order valence-electron chi connectivity index (χ2n) is 6.15. The van der Waals surface area contributed by atoms with Gasteiger partial charge in [-0.15, -0.1) is 0 Å². The fraction of sp³-hybridized carbons (Fsp3) is 0.190. The second kappa shape index (κ2) is 9.23.